The Labute approximate surface area is 144 Å². The molecule has 0 saturated carbocycles. The summed E-state index contributed by atoms with van der Waals surface area (Å²) in [6.45, 7) is 5.49. The second kappa shape index (κ2) is 8.11. The molecule has 1 fully saturated rings. The number of likely N-dealkylation sites (tertiary alicyclic amines) is 1. The summed E-state index contributed by atoms with van der Waals surface area (Å²) in [5, 5.41) is 2.96. The van der Waals surface area contributed by atoms with Crippen LogP contribution >= 0.6 is 0 Å². The maximum absolute atomic E-state index is 12.3. The van der Waals surface area contributed by atoms with Gasteiger partial charge in [-0.1, -0.05) is 37.6 Å². The van der Waals surface area contributed by atoms with Gasteiger partial charge in [0.25, 0.3) is 5.91 Å². The van der Waals surface area contributed by atoms with E-state index in [1.54, 1.807) is 0 Å². The minimum atomic E-state index is -0.0521. The average Bonchev–Trinajstić information content (AvgIpc) is 2.64. The van der Waals surface area contributed by atoms with Gasteiger partial charge < -0.3 is 5.32 Å². The lowest BCUT2D eigenvalue weighted by molar-refractivity contribution is 0.102. The number of benzene rings is 2. The molecule has 3 heteroatoms. The van der Waals surface area contributed by atoms with Crippen LogP contribution in [0, 0.1) is 0 Å². The Hall–Kier alpha value is -2.13. The molecule has 1 aliphatic rings. The molecule has 1 aliphatic heterocycles. The van der Waals surface area contributed by atoms with Crippen LogP contribution in [-0.4, -0.2) is 23.9 Å². The topological polar surface area (TPSA) is 32.3 Å². The Bertz CT molecular complexity index is 655. The first-order valence-electron chi connectivity index (χ1n) is 8.96. The Morgan fingerprint density at radius 3 is 2.17 bits per heavy atom. The number of nitrogens with zero attached hydrogens (tertiary/aromatic N) is 1. The van der Waals surface area contributed by atoms with Crippen molar-refractivity contribution in [1.82, 2.24) is 4.90 Å². The smallest absolute Gasteiger partial charge is 0.255 e. The molecule has 2 aromatic carbocycles. The number of aryl methyl sites for hydroxylation is 1. The largest absolute Gasteiger partial charge is 0.322 e. The van der Waals surface area contributed by atoms with Crippen LogP contribution in [0.25, 0.3) is 0 Å². The maximum Gasteiger partial charge on any atom is 0.255 e. The summed E-state index contributed by atoms with van der Waals surface area (Å²) in [5.41, 5.74) is 4.10. The van der Waals surface area contributed by atoms with E-state index >= 15 is 0 Å². The molecule has 0 atom stereocenters. The molecule has 126 valence electrons. The van der Waals surface area contributed by atoms with E-state index in [1.165, 1.54) is 43.5 Å². The van der Waals surface area contributed by atoms with Gasteiger partial charge in [-0.3, -0.25) is 9.69 Å². The first-order chi connectivity index (χ1) is 11.7. The predicted molar refractivity (Wildman–Crippen MR) is 99.3 cm³/mol. The van der Waals surface area contributed by atoms with Crippen LogP contribution in [0.3, 0.4) is 0 Å². The Kier molecular flexibility index (Phi) is 5.65. The third kappa shape index (κ3) is 4.45. The van der Waals surface area contributed by atoms with Crippen LogP contribution in [0.5, 0.6) is 0 Å². The van der Waals surface area contributed by atoms with Crippen molar-refractivity contribution in [2.75, 3.05) is 18.4 Å². The van der Waals surface area contributed by atoms with Gasteiger partial charge in [-0.2, -0.15) is 0 Å². The number of anilines is 1. The number of amides is 1. The van der Waals surface area contributed by atoms with Crippen LogP contribution in [0.15, 0.2) is 48.5 Å². The number of hydrogen-bond donors (Lipinski definition) is 1. The van der Waals surface area contributed by atoms with Crippen LogP contribution in [-0.2, 0) is 13.0 Å². The summed E-state index contributed by atoms with van der Waals surface area (Å²) in [7, 11) is 0. The zero-order valence-corrected chi connectivity index (χ0v) is 14.4. The van der Waals surface area contributed by atoms with Crippen molar-refractivity contribution in [2.24, 2.45) is 0 Å². The molecule has 0 aliphatic carbocycles. The molecule has 24 heavy (non-hydrogen) atoms. The molecule has 0 radical (unpaired) electrons. The Morgan fingerprint density at radius 2 is 1.54 bits per heavy atom. The van der Waals surface area contributed by atoms with Gasteiger partial charge in [0.2, 0.25) is 0 Å². The number of carbonyl (C=O) groups excluding carboxylic acids is 1. The SMILES string of the molecule is CCc1ccc(NC(=O)c2ccc(CN3CCCCC3)cc2)cc1. The molecule has 3 rings (SSSR count). The van der Waals surface area contributed by atoms with Gasteiger partial charge in [0.1, 0.15) is 0 Å². The number of nitrogens with one attached hydrogen (secondary N) is 1. The molecule has 0 bridgehead atoms. The lowest BCUT2D eigenvalue weighted by Gasteiger charge is -2.26. The van der Waals surface area contributed by atoms with E-state index < -0.39 is 0 Å². The maximum atomic E-state index is 12.3. The minimum Gasteiger partial charge on any atom is -0.322 e. The average molecular weight is 322 g/mol. The highest BCUT2D eigenvalue weighted by atomic mass is 16.1. The van der Waals surface area contributed by atoms with Crippen molar-refractivity contribution in [2.45, 2.75) is 39.2 Å². The monoisotopic (exact) mass is 322 g/mol. The summed E-state index contributed by atoms with van der Waals surface area (Å²) in [4.78, 5) is 14.8. The highest BCUT2D eigenvalue weighted by molar-refractivity contribution is 6.04. The summed E-state index contributed by atoms with van der Waals surface area (Å²) in [5.74, 6) is -0.0521. The molecular weight excluding hydrogens is 296 g/mol. The molecule has 0 aromatic heterocycles. The Balaban J connectivity index is 1.58. The molecular formula is C21H26N2O. The van der Waals surface area contributed by atoms with Crippen LogP contribution in [0.1, 0.15) is 47.7 Å². The zero-order chi connectivity index (χ0) is 16.8. The highest BCUT2D eigenvalue weighted by Crippen LogP contribution is 2.15. The van der Waals surface area contributed by atoms with Crippen molar-refractivity contribution in [3.05, 3.63) is 65.2 Å². The van der Waals surface area contributed by atoms with E-state index in [9.17, 15) is 4.79 Å². The van der Waals surface area contributed by atoms with Crippen LogP contribution < -0.4 is 5.32 Å². The van der Waals surface area contributed by atoms with Crippen molar-refractivity contribution in [3.8, 4) is 0 Å². The van der Waals surface area contributed by atoms with Gasteiger partial charge in [0.05, 0.1) is 0 Å². The lowest BCUT2D eigenvalue weighted by Crippen LogP contribution is -2.29. The van der Waals surface area contributed by atoms with Crippen LogP contribution in [0.4, 0.5) is 5.69 Å². The predicted octanol–water partition coefficient (Wildman–Crippen LogP) is 4.49. The van der Waals surface area contributed by atoms with E-state index in [0.717, 1.165) is 18.7 Å². The van der Waals surface area contributed by atoms with E-state index in [-0.39, 0.29) is 5.91 Å². The first-order valence-corrected chi connectivity index (χ1v) is 8.96. The molecule has 1 saturated heterocycles. The summed E-state index contributed by atoms with van der Waals surface area (Å²) in [6, 6.07) is 16.0. The van der Waals surface area contributed by atoms with E-state index in [1.807, 2.05) is 24.3 Å². The van der Waals surface area contributed by atoms with E-state index in [2.05, 4.69) is 41.4 Å². The standard InChI is InChI=1S/C21H26N2O/c1-2-17-8-12-20(13-9-17)22-21(24)19-10-6-18(7-11-19)16-23-14-4-3-5-15-23/h6-13H,2-5,14-16H2,1H3,(H,22,24). The second-order valence-electron chi connectivity index (χ2n) is 6.54. The van der Waals surface area contributed by atoms with Crippen molar-refractivity contribution in [3.63, 3.8) is 0 Å². The van der Waals surface area contributed by atoms with Gasteiger partial charge in [-0.05, 0) is 67.7 Å². The molecule has 2 aromatic rings. The lowest BCUT2D eigenvalue weighted by atomic mass is 10.1. The fourth-order valence-electron chi connectivity index (χ4n) is 3.16. The summed E-state index contributed by atoms with van der Waals surface area (Å²) in [6.07, 6.45) is 4.97. The van der Waals surface area contributed by atoms with E-state index in [4.69, 9.17) is 0 Å². The fraction of sp³-hybridized carbons (Fsp3) is 0.381. The van der Waals surface area contributed by atoms with Gasteiger partial charge in [-0.15, -0.1) is 0 Å². The highest BCUT2D eigenvalue weighted by Gasteiger charge is 2.11. The van der Waals surface area contributed by atoms with Gasteiger partial charge in [-0.25, -0.2) is 0 Å². The number of hydrogen-bond acceptors (Lipinski definition) is 2. The number of rotatable bonds is 5. The number of carbonyl (C=O) groups is 1. The molecule has 1 heterocycles. The van der Waals surface area contributed by atoms with Gasteiger partial charge in [0, 0.05) is 17.8 Å². The van der Waals surface area contributed by atoms with E-state index in [0.29, 0.717) is 5.56 Å². The third-order valence-corrected chi connectivity index (χ3v) is 4.69. The normalized spacial score (nSPS) is 15.2. The molecule has 0 spiro atoms. The van der Waals surface area contributed by atoms with Crippen molar-refractivity contribution >= 4 is 11.6 Å². The fourth-order valence-corrected chi connectivity index (χ4v) is 3.16. The Morgan fingerprint density at radius 1 is 0.917 bits per heavy atom. The second-order valence-corrected chi connectivity index (χ2v) is 6.54. The first kappa shape index (κ1) is 16.7. The van der Waals surface area contributed by atoms with Crippen molar-refractivity contribution < 1.29 is 4.79 Å². The van der Waals surface area contributed by atoms with Gasteiger partial charge >= 0.3 is 0 Å². The molecule has 0 unspecified atom stereocenters. The molecule has 1 N–H and O–H groups in total. The van der Waals surface area contributed by atoms with Crippen molar-refractivity contribution in [1.29, 1.82) is 0 Å². The molecule has 1 amide bonds. The van der Waals surface area contributed by atoms with Gasteiger partial charge in [0.15, 0.2) is 0 Å². The quantitative estimate of drug-likeness (QED) is 0.880. The summed E-state index contributed by atoms with van der Waals surface area (Å²) < 4.78 is 0. The molecule has 3 nitrogen and oxygen atoms in total. The summed E-state index contributed by atoms with van der Waals surface area (Å²) >= 11 is 0. The number of piperidine rings is 1. The van der Waals surface area contributed by atoms with Crippen LogP contribution in [0.2, 0.25) is 0 Å². The zero-order valence-electron chi connectivity index (χ0n) is 14.4. The third-order valence-electron chi connectivity index (χ3n) is 4.69. The minimum absolute atomic E-state index is 0.0521.